The number of amides is 1. The molecule has 5 rings (SSSR count). The molecule has 3 aromatic carbocycles. The molecule has 41 heavy (non-hydrogen) atoms. The second kappa shape index (κ2) is 11.6. The Hall–Kier alpha value is -3.74. The van der Waals surface area contributed by atoms with Crippen molar-refractivity contribution in [3.63, 3.8) is 0 Å². The highest BCUT2D eigenvalue weighted by Gasteiger charge is 2.49. The molecule has 4 aromatic rings. The number of rotatable bonds is 7. The number of hydrogen-bond donors (Lipinski definition) is 2. The highest BCUT2D eigenvalue weighted by Crippen LogP contribution is 2.47. The van der Waals surface area contributed by atoms with Crippen LogP contribution in [-0.2, 0) is 15.3 Å². The highest BCUT2D eigenvalue weighted by atomic mass is 79.9. The van der Waals surface area contributed by atoms with Crippen molar-refractivity contribution in [3.8, 4) is 11.5 Å². The second-order valence-corrected chi connectivity index (χ2v) is 12.3. The summed E-state index contributed by atoms with van der Waals surface area (Å²) in [6.07, 6.45) is 0. The fourth-order valence-electron chi connectivity index (χ4n) is 4.47. The molecule has 0 saturated carbocycles. The average Bonchev–Trinajstić information content (AvgIpc) is 3.52. The van der Waals surface area contributed by atoms with Gasteiger partial charge in [0.15, 0.2) is 15.8 Å². The third kappa shape index (κ3) is 5.59. The Morgan fingerprint density at radius 1 is 1.12 bits per heavy atom. The maximum atomic E-state index is 13.6. The van der Waals surface area contributed by atoms with Crippen LogP contribution in [0.15, 0.2) is 69.0 Å². The van der Waals surface area contributed by atoms with E-state index in [4.69, 9.17) is 4.74 Å². The molecule has 0 radical (unpaired) electrons. The first-order valence-corrected chi connectivity index (χ1v) is 14.8. The first-order chi connectivity index (χ1) is 19.6. The van der Waals surface area contributed by atoms with E-state index in [1.54, 1.807) is 31.2 Å². The third-order valence-electron chi connectivity index (χ3n) is 6.56. The van der Waals surface area contributed by atoms with Crippen molar-refractivity contribution in [2.75, 3.05) is 12.0 Å². The summed E-state index contributed by atoms with van der Waals surface area (Å²) in [5.74, 6) is -1.96. The van der Waals surface area contributed by atoms with Gasteiger partial charge in [-0.25, -0.2) is 4.39 Å². The lowest BCUT2D eigenvalue weighted by Gasteiger charge is -2.23. The highest BCUT2D eigenvalue weighted by molar-refractivity contribution is 9.10. The van der Waals surface area contributed by atoms with Crippen molar-refractivity contribution in [2.24, 2.45) is 0 Å². The van der Waals surface area contributed by atoms with Crippen LogP contribution in [0.4, 0.5) is 9.52 Å². The molecule has 0 spiro atoms. The molecular formula is C29H23BrFN3O5S2. The number of aliphatic hydroxyl groups is 1. The van der Waals surface area contributed by atoms with Crippen LogP contribution in [0.1, 0.15) is 33.9 Å². The zero-order valence-corrected chi connectivity index (χ0v) is 25.2. The molecule has 210 valence electrons. The summed E-state index contributed by atoms with van der Waals surface area (Å²) in [5.41, 5.74) is 3.16. The normalized spacial score (nSPS) is 16.4. The van der Waals surface area contributed by atoms with E-state index in [0.717, 1.165) is 28.0 Å². The molecule has 12 heteroatoms. The number of halogens is 2. The zero-order valence-electron chi connectivity index (χ0n) is 22.0. The first-order valence-electron chi connectivity index (χ1n) is 12.2. The number of methoxy groups -OCH3 is 1. The molecule has 1 fully saturated rings. The van der Waals surface area contributed by atoms with E-state index in [9.17, 15) is 24.2 Å². The van der Waals surface area contributed by atoms with Gasteiger partial charge >= 0.3 is 5.91 Å². The number of ether oxygens (including phenoxy) is 1. The van der Waals surface area contributed by atoms with Gasteiger partial charge in [0.05, 0.1) is 23.2 Å². The average molecular weight is 657 g/mol. The number of phenolic OH excluding ortho intramolecular Hbond substituents is 1. The summed E-state index contributed by atoms with van der Waals surface area (Å²) in [5, 5.41) is 30.5. The van der Waals surface area contributed by atoms with Crippen LogP contribution < -0.4 is 9.64 Å². The molecule has 0 aliphatic carbocycles. The van der Waals surface area contributed by atoms with E-state index < -0.39 is 17.7 Å². The lowest BCUT2D eigenvalue weighted by atomic mass is 9.93. The second-order valence-electron chi connectivity index (χ2n) is 9.31. The smallest absolute Gasteiger partial charge is 0.301 e. The Kier molecular flexibility index (Phi) is 8.16. The largest absolute Gasteiger partial charge is 0.507 e. The summed E-state index contributed by atoms with van der Waals surface area (Å²) >= 11 is 5.78. The van der Waals surface area contributed by atoms with Gasteiger partial charge in [0, 0.05) is 11.3 Å². The maximum absolute atomic E-state index is 13.6. The van der Waals surface area contributed by atoms with E-state index in [1.807, 2.05) is 19.1 Å². The number of hydrogen-bond acceptors (Lipinski definition) is 9. The van der Waals surface area contributed by atoms with Crippen LogP contribution in [0.3, 0.4) is 0 Å². The predicted molar refractivity (Wildman–Crippen MR) is 159 cm³/mol. The molecule has 2 N–H and O–H groups in total. The molecule has 1 amide bonds. The Morgan fingerprint density at radius 2 is 1.85 bits per heavy atom. The summed E-state index contributed by atoms with van der Waals surface area (Å²) in [6.45, 7) is 3.66. The fourth-order valence-corrected chi connectivity index (χ4v) is 6.76. The minimum atomic E-state index is -1.09. The van der Waals surface area contributed by atoms with Gasteiger partial charge in [-0.05, 0) is 76.8 Å². The van der Waals surface area contributed by atoms with E-state index in [-0.39, 0.29) is 38.3 Å². The number of carbonyl (C=O) groups excluding carboxylic acids is 2. The lowest BCUT2D eigenvalue weighted by molar-refractivity contribution is -0.132. The van der Waals surface area contributed by atoms with Crippen LogP contribution in [-0.4, -0.2) is 39.2 Å². The quantitative estimate of drug-likeness (QED) is 0.0745. The number of phenols is 1. The van der Waals surface area contributed by atoms with Gasteiger partial charge < -0.3 is 14.9 Å². The van der Waals surface area contributed by atoms with E-state index in [2.05, 4.69) is 26.1 Å². The molecule has 1 aliphatic heterocycles. The van der Waals surface area contributed by atoms with Gasteiger partial charge in [-0.1, -0.05) is 52.9 Å². The summed E-state index contributed by atoms with van der Waals surface area (Å²) in [7, 11) is 1.38. The van der Waals surface area contributed by atoms with Gasteiger partial charge in [-0.2, -0.15) is 0 Å². The van der Waals surface area contributed by atoms with Crippen LogP contribution in [0.2, 0.25) is 0 Å². The number of benzene rings is 3. The molecule has 1 saturated heterocycles. The molecule has 8 nitrogen and oxygen atoms in total. The van der Waals surface area contributed by atoms with Crippen molar-refractivity contribution in [1.82, 2.24) is 10.2 Å². The van der Waals surface area contributed by atoms with Gasteiger partial charge in [-0.3, -0.25) is 14.5 Å². The number of aromatic nitrogens is 2. The topological polar surface area (TPSA) is 113 Å². The van der Waals surface area contributed by atoms with Crippen LogP contribution in [0.25, 0.3) is 5.76 Å². The minimum absolute atomic E-state index is 0.111. The van der Waals surface area contributed by atoms with Gasteiger partial charge in [0.1, 0.15) is 11.6 Å². The molecule has 1 aliphatic rings. The van der Waals surface area contributed by atoms with E-state index in [0.29, 0.717) is 21.2 Å². The van der Waals surface area contributed by atoms with Crippen LogP contribution in [0, 0.1) is 19.7 Å². The molecule has 2 heterocycles. The predicted octanol–water partition coefficient (Wildman–Crippen LogP) is 6.69. The van der Waals surface area contributed by atoms with E-state index in [1.165, 1.54) is 42.0 Å². The van der Waals surface area contributed by atoms with Crippen molar-refractivity contribution in [2.45, 2.75) is 30.0 Å². The Bertz CT molecular complexity index is 1710. The Labute approximate surface area is 251 Å². The number of aromatic hydroxyl groups is 1. The number of Topliss-reactive ketones (excluding diaryl/α,β-unsaturated/α-hetero) is 1. The van der Waals surface area contributed by atoms with Crippen LogP contribution >= 0.6 is 39.0 Å². The molecular weight excluding hydrogens is 633 g/mol. The van der Waals surface area contributed by atoms with Crippen LogP contribution in [0.5, 0.6) is 11.5 Å². The fraction of sp³-hybridized carbons (Fsp3) is 0.172. The van der Waals surface area contributed by atoms with Crippen molar-refractivity contribution in [3.05, 3.63) is 98.3 Å². The van der Waals surface area contributed by atoms with Gasteiger partial charge in [0.2, 0.25) is 5.13 Å². The molecule has 1 atom stereocenters. The number of aryl methyl sites for hydroxylation is 2. The molecule has 0 bridgehead atoms. The molecule has 1 unspecified atom stereocenters. The number of thioether (sulfide) groups is 1. The standard InChI is InChI=1S/C29H23BrFN3O5S2/c1-14-4-5-15(2)19(10-14)24(35)22-23(17-11-20(30)25(36)21(12-17)39-3)34(27(38)26(22)37)28-32-33-29(41-28)40-13-16-6-8-18(31)9-7-16/h4-12,23,35-36H,13H2,1-3H3/b24-22+. The Morgan fingerprint density at radius 3 is 2.56 bits per heavy atom. The summed E-state index contributed by atoms with van der Waals surface area (Å²) < 4.78 is 19.4. The summed E-state index contributed by atoms with van der Waals surface area (Å²) in [6, 6.07) is 13.5. The maximum Gasteiger partial charge on any atom is 0.301 e. The first kappa shape index (κ1) is 28.8. The van der Waals surface area contributed by atoms with Crippen molar-refractivity contribution >= 4 is 61.6 Å². The zero-order chi connectivity index (χ0) is 29.4. The van der Waals surface area contributed by atoms with Crippen molar-refractivity contribution in [1.29, 1.82) is 0 Å². The number of aliphatic hydroxyl groups excluding tert-OH is 1. The lowest BCUT2D eigenvalue weighted by Crippen LogP contribution is -2.29. The number of nitrogens with zero attached hydrogens (tertiary/aromatic N) is 3. The van der Waals surface area contributed by atoms with Gasteiger partial charge in [0.25, 0.3) is 5.78 Å². The third-order valence-corrected chi connectivity index (χ3v) is 9.29. The Balaban J connectivity index is 1.62. The monoisotopic (exact) mass is 655 g/mol. The van der Waals surface area contributed by atoms with Gasteiger partial charge in [-0.15, -0.1) is 10.2 Å². The van der Waals surface area contributed by atoms with Crippen molar-refractivity contribution < 1.29 is 28.9 Å². The summed E-state index contributed by atoms with van der Waals surface area (Å²) in [4.78, 5) is 28.3. The number of anilines is 1. The number of carbonyl (C=O) groups is 2. The molecule has 1 aromatic heterocycles. The SMILES string of the molecule is COc1cc(C2/C(=C(\O)c3cc(C)ccc3C)C(=O)C(=O)N2c2nnc(SCc3ccc(F)cc3)s2)cc(Br)c1O. The minimum Gasteiger partial charge on any atom is -0.507 e. The number of ketones is 1. The van der Waals surface area contributed by atoms with E-state index >= 15 is 0 Å².